The molecule has 0 spiro atoms. The average Bonchev–Trinajstić information content (AvgIpc) is 3.18. The molecule has 7 heteroatoms. The van der Waals surface area contributed by atoms with Gasteiger partial charge in [0.15, 0.2) is 0 Å². The smallest absolute Gasteiger partial charge is 0.277 e. The van der Waals surface area contributed by atoms with Crippen LogP contribution in [0, 0.1) is 6.92 Å². The summed E-state index contributed by atoms with van der Waals surface area (Å²) >= 11 is 1.22. The van der Waals surface area contributed by atoms with E-state index in [1.54, 1.807) is 0 Å². The first-order valence-electron chi connectivity index (χ1n) is 9.56. The minimum Gasteiger partial charge on any atom is -0.494 e. The van der Waals surface area contributed by atoms with Crippen LogP contribution < -0.4 is 10.1 Å². The van der Waals surface area contributed by atoms with E-state index in [0.717, 1.165) is 28.1 Å². The van der Waals surface area contributed by atoms with Crippen molar-refractivity contribution in [3.8, 4) is 17.2 Å². The van der Waals surface area contributed by atoms with E-state index in [2.05, 4.69) is 29.4 Å². The molecule has 0 aliphatic carbocycles. The van der Waals surface area contributed by atoms with Gasteiger partial charge in [0.1, 0.15) is 5.75 Å². The molecule has 0 radical (unpaired) electrons. The molecule has 29 heavy (non-hydrogen) atoms. The number of aromatic nitrogens is 2. The SMILES string of the molecule is CCOc1ccc(-c2nnc(SCC(=O)Nc3c(C)cccc3C(C)C)o2)cc1. The Bertz CT molecular complexity index is 968. The molecule has 0 fully saturated rings. The van der Waals surface area contributed by atoms with Gasteiger partial charge in [-0.3, -0.25) is 4.79 Å². The van der Waals surface area contributed by atoms with Crippen molar-refractivity contribution < 1.29 is 13.9 Å². The molecule has 1 aromatic heterocycles. The highest BCUT2D eigenvalue weighted by Crippen LogP contribution is 2.28. The third-order valence-corrected chi connectivity index (χ3v) is 5.16. The van der Waals surface area contributed by atoms with Crippen molar-refractivity contribution in [2.24, 2.45) is 0 Å². The van der Waals surface area contributed by atoms with Crippen molar-refractivity contribution in [3.63, 3.8) is 0 Å². The summed E-state index contributed by atoms with van der Waals surface area (Å²) in [6, 6.07) is 13.5. The van der Waals surface area contributed by atoms with Gasteiger partial charge in [-0.15, -0.1) is 10.2 Å². The summed E-state index contributed by atoms with van der Waals surface area (Å²) in [4.78, 5) is 12.5. The minimum absolute atomic E-state index is 0.105. The third kappa shape index (κ3) is 5.38. The third-order valence-electron chi connectivity index (χ3n) is 4.34. The van der Waals surface area contributed by atoms with Gasteiger partial charge in [0, 0.05) is 11.3 Å². The fourth-order valence-corrected chi connectivity index (χ4v) is 3.45. The number of aryl methyl sites for hydroxylation is 1. The predicted octanol–water partition coefficient (Wildman–Crippen LogP) is 5.30. The number of benzene rings is 2. The summed E-state index contributed by atoms with van der Waals surface area (Å²) in [5.74, 6) is 1.62. The molecule has 2 aromatic carbocycles. The van der Waals surface area contributed by atoms with E-state index in [1.165, 1.54) is 11.8 Å². The first-order valence-corrected chi connectivity index (χ1v) is 10.6. The maximum atomic E-state index is 12.5. The highest BCUT2D eigenvalue weighted by Gasteiger charge is 2.14. The van der Waals surface area contributed by atoms with Crippen LogP contribution in [0.1, 0.15) is 37.8 Å². The number of nitrogens with zero attached hydrogens (tertiary/aromatic N) is 2. The number of para-hydroxylation sites is 1. The van der Waals surface area contributed by atoms with Crippen molar-refractivity contribution in [2.45, 2.75) is 38.8 Å². The average molecular weight is 412 g/mol. The number of nitrogens with one attached hydrogen (secondary N) is 1. The summed E-state index contributed by atoms with van der Waals surface area (Å²) < 4.78 is 11.1. The second-order valence-corrected chi connectivity index (χ2v) is 7.79. The van der Waals surface area contributed by atoms with Crippen molar-refractivity contribution in [3.05, 3.63) is 53.6 Å². The van der Waals surface area contributed by atoms with Crippen molar-refractivity contribution in [1.82, 2.24) is 10.2 Å². The van der Waals surface area contributed by atoms with Crippen molar-refractivity contribution in [1.29, 1.82) is 0 Å². The molecule has 1 N–H and O–H groups in total. The van der Waals surface area contributed by atoms with Crippen LogP contribution in [0.15, 0.2) is 52.1 Å². The Labute approximate surface area is 175 Å². The molecule has 0 aliphatic rings. The maximum absolute atomic E-state index is 12.5. The van der Waals surface area contributed by atoms with Crippen molar-refractivity contribution in [2.75, 3.05) is 17.7 Å². The van der Waals surface area contributed by atoms with Gasteiger partial charge in [-0.25, -0.2) is 0 Å². The van der Waals surface area contributed by atoms with E-state index in [-0.39, 0.29) is 11.7 Å². The predicted molar refractivity (Wildman–Crippen MR) is 116 cm³/mol. The number of thioether (sulfide) groups is 1. The largest absolute Gasteiger partial charge is 0.494 e. The zero-order valence-corrected chi connectivity index (χ0v) is 17.9. The minimum atomic E-state index is -0.105. The van der Waals surface area contributed by atoms with Crippen LogP contribution in [-0.2, 0) is 4.79 Å². The summed E-state index contributed by atoms with van der Waals surface area (Å²) in [5, 5.41) is 11.5. The van der Waals surface area contributed by atoms with E-state index in [1.807, 2.05) is 56.3 Å². The Morgan fingerprint density at radius 3 is 2.62 bits per heavy atom. The zero-order chi connectivity index (χ0) is 20.8. The topological polar surface area (TPSA) is 77.2 Å². The lowest BCUT2D eigenvalue weighted by atomic mass is 9.98. The van der Waals surface area contributed by atoms with Crippen LogP contribution in [0.2, 0.25) is 0 Å². The molecular formula is C22H25N3O3S. The molecule has 0 unspecified atom stereocenters. The number of hydrogen-bond donors (Lipinski definition) is 1. The van der Waals surface area contributed by atoms with Crippen LogP contribution in [0.25, 0.3) is 11.5 Å². The molecule has 3 rings (SSSR count). The molecule has 0 saturated heterocycles. The summed E-state index contributed by atoms with van der Waals surface area (Å²) in [6.45, 7) is 8.77. The summed E-state index contributed by atoms with van der Waals surface area (Å²) in [5.41, 5.74) is 3.86. The maximum Gasteiger partial charge on any atom is 0.277 e. The van der Waals surface area contributed by atoms with Crippen LogP contribution in [0.3, 0.4) is 0 Å². The monoisotopic (exact) mass is 411 g/mol. The molecule has 0 atom stereocenters. The number of hydrogen-bond acceptors (Lipinski definition) is 6. The number of carbonyl (C=O) groups excluding carboxylic acids is 1. The lowest BCUT2D eigenvalue weighted by molar-refractivity contribution is -0.113. The fourth-order valence-electron chi connectivity index (χ4n) is 2.89. The number of carbonyl (C=O) groups is 1. The Morgan fingerprint density at radius 1 is 1.17 bits per heavy atom. The Hall–Kier alpha value is -2.80. The molecule has 6 nitrogen and oxygen atoms in total. The molecule has 0 bridgehead atoms. The molecule has 0 aliphatic heterocycles. The number of anilines is 1. The highest BCUT2D eigenvalue weighted by atomic mass is 32.2. The normalized spacial score (nSPS) is 10.9. The lowest BCUT2D eigenvalue weighted by Crippen LogP contribution is -2.16. The molecule has 1 heterocycles. The van der Waals surface area contributed by atoms with Crippen LogP contribution >= 0.6 is 11.8 Å². The van der Waals surface area contributed by atoms with E-state index in [4.69, 9.17) is 9.15 Å². The second kappa shape index (κ2) is 9.60. The quantitative estimate of drug-likeness (QED) is 0.507. The molecule has 1 amide bonds. The van der Waals surface area contributed by atoms with Gasteiger partial charge in [-0.1, -0.05) is 43.8 Å². The Morgan fingerprint density at radius 2 is 1.93 bits per heavy atom. The highest BCUT2D eigenvalue weighted by molar-refractivity contribution is 7.99. The van der Waals surface area contributed by atoms with Crippen molar-refractivity contribution >= 4 is 23.4 Å². The van der Waals surface area contributed by atoms with Gasteiger partial charge in [-0.05, 0) is 55.2 Å². The Balaban J connectivity index is 1.61. The lowest BCUT2D eigenvalue weighted by Gasteiger charge is -2.16. The fraction of sp³-hybridized carbons (Fsp3) is 0.318. The molecule has 0 saturated carbocycles. The van der Waals surface area contributed by atoms with Gasteiger partial charge >= 0.3 is 0 Å². The van der Waals surface area contributed by atoms with E-state index in [9.17, 15) is 4.79 Å². The standard InChI is InChI=1S/C22H25N3O3S/c1-5-27-17-11-9-16(10-12-17)21-24-25-22(28-21)29-13-19(26)23-20-15(4)7-6-8-18(20)14(2)3/h6-12,14H,5,13H2,1-4H3,(H,23,26). The second-order valence-electron chi connectivity index (χ2n) is 6.86. The molecular weight excluding hydrogens is 386 g/mol. The number of ether oxygens (including phenoxy) is 1. The van der Waals surface area contributed by atoms with Gasteiger partial charge < -0.3 is 14.5 Å². The van der Waals surface area contributed by atoms with Gasteiger partial charge in [-0.2, -0.15) is 0 Å². The van der Waals surface area contributed by atoms with E-state index >= 15 is 0 Å². The number of rotatable bonds is 8. The van der Waals surface area contributed by atoms with Gasteiger partial charge in [0.2, 0.25) is 11.8 Å². The summed E-state index contributed by atoms with van der Waals surface area (Å²) in [6.07, 6.45) is 0. The first kappa shape index (κ1) is 20.9. The van der Waals surface area contributed by atoms with Crippen LogP contribution in [-0.4, -0.2) is 28.5 Å². The zero-order valence-electron chi connectivity index (χ0n) is 17.1. The first-order chi connectivity index (χ1) is 14.0. The molecule has 3 aromatic rings. The van der Waals surface area contributed by atoms with Crippen LogP contribution in [0.4, 0.5) is 5.69 Å². The van der Waals surface area contributed by atoms with Gasteiger partial charge in [0.25, 0.3) is 5.22 Å². The molecule has 152 valence electrons. The van der Waals surface area contributed by atoms with Gasteiger partial charge in [0.05, 0.1) is 12.4 Å². The van der Waals surface area contributed by atoms with Crippen LogP contribution in [0.5, 0.6) is 5.75 Å². The number of amides is 1. The van der Waals surface area contributed by atoms with E-state index < -0.39 is 0 Å². The van der Waals surface area contributed by atoms with E-state index in [0.29, 0.717) is 23.6 Å². The Kier molecular flexibility index (Phi) is 6.93. The summed E-state index contributed by atoms with van der Waals surface area (Å²) in [7, 11) is 0.